The number of nitrogens with one attached hydrogen (secondary N) is 1. The summed E-state index contributed by atoms with van der Waals surface area (Å²) in [6.07, 6.45) is 1.99. The summed E-state index contributed by atoms with van der Waals surface area (Å²) in [6, 6.07) is 5.60. The van der Waals surface area contributed by atoms with Crippen LogP contribution in [0.2, 0.25) is 0 Å². The number of nitrogens with zero attached hydrogens (tertiary/aromatic N) is 2. The first-order valence-electron chi connectivity index (χ1n) is 5.23. The molecule has 1 aromatic carbocycles. The molecule has 0 unspecified atom stereocenters. The molecule has 90 valence electrons. The first-order valence-corrected chi connectivity index (χ1v) is 5.23. The van der Waals surface area contributed by atoms with Gasteiger partial charge in [0, 0.05) is 13.0 Å². The van der Waals surface area contributed by atoms with Crippen molar-refractivity contribution in [2.75, 3.05) is 24.7 Å². The van der Waals surface area contributed by atoms with Crippen LogP contribution in [0.5, 0.6) is 5.75 Å². The fourth-order valence-electron chi connectivity index (χ4n) is 1.49. The quantitative estimate of drug-likeness (QED) is 0.759. The molecule has 0 atom stereocenters. The number of hydrogen-bond donors (Lipinski definition) is 2. The summed E-state index contributed by atoms with van der Waals surface area (Å²) in [7, 11) is 1.59. The Hall–Kier alpha value is -2.24. The Bertz CT molecular complexity index is 470. The van der Waals surface area contributed by atoms with Crippen LogP contribution < -0.4 is 15.8 Å². The SMILES string of the molecule is COc1cccc(NCCc2ncon2)c1N. The van der Waals surface area contributed by atoms with E-state index in [0.29, 0.717) is 30.2 Å². The maximum atomic E-state index is 5.92. The molecule has 1 aromatic heterocycles. The van der Waals surface area contributed by atoms with Crippen molar-refractivity contribution in [1.82, 2.24) is 10.1 Å². The van der Waals surface area contributed by atoms with E-state index in [9.17, 15) is 0 Å². The fraction of sp³-hybridized carbons (Fsp3) is 0.273. The molecule has 1 heterocycles. The number of aromatic nitrogens is 2. The average Bonchev–Trinajstić information content (AvgIpc) is 2.84. The predicted octanol–water partition coefficient (Wildman–Crippen LogP) is 1.31. The van der Waals surface area contributed by atoms with Crippen LogP contribution in [-0.4, -0.2) is 23.8 Å². The third-order valence-corrected chi connectivity index (χ3v) is 2.36. The van der Waals surface area contributed by atoms with Gasteiger partial charge in [0.15, 0.2) is 5.82 Å². The lowest BCUT2D eigenvalue weighted by Crippen LogP contribution is -2.08. The van der Waals surface area contributed by atoms with E-state index in [-0.39, 0.29) is 0 Å². The first kappa shape index (κ1) is 11.3. The van der Waals surface area contributed by atoms with Gasteiger partial charge in [0.05, 0.1) is 18.5 Å². The van der Waals surface area contributed by atoms with Crippen LogP contribution in [0.4, 0.5) is 11.4 Å². The zero-order valence-electron chi connectivity index (χ0n) is 9.51. The van der Waals surface area contributed by atoms with E-state index in [1.165, 1.54) is 6.39 Å². The number of hydrogen-bond acceptors (Lipinski definition) is 6. The Labute approximate surface area is 98.8 Å². The number of para-hydroxylation sites is 1. The molecular formula is C11H14N4O2. The highest BCUT2D eigenvalue weighted by atomic mass is 16.5. The van der Waals surface area contributed by atoms with E-state index < -0.39 is 0 Å². The zero-order valence-corrected chi connectivity index (χ0v) is 9.51. The summed E-state index contributed by atoms with van der Waals surface area (Å²) >= 11 is 0. The molecule has 0 bridgehead atoms. The maximum Gasteiger partial charge on any atom is 0.213 e. The Morgan fingerprint density at radius 2 is 2.35 bits per heavy atom. The van der Waals surface area contributed by atoms with Gasteiger partial charge in [0.2, 0.25) is 6.39 Å². The number of anilines is 2. The van der Waals surface area contributed by atoms with Crippen molar-refractivity contribution in [2.24, 2.45) is 0 Å². The normalized spacial score (nSPS) is 10.2. The third-order valence-electron chi connectivity index (χ3n) is 2.36. The third kappa shape index (κ3) is 2.66. The molecule has 2 aromatic rings. The summed E-state index contributed by atoms with van der Waals surface area (Å²) in [6.45, 7) is 0.677. The molecule has 0 amide bonds. The minimum atomic E-state index is 0.600. The Kier molecular flexibility index (Phi) is 3.44. The molecule has 2 rings (SSSR count). The molecule has 6 heteroatoms. The number of nitrogen functional groups attached to an aromatic ring is 1. The fourth-order valence-corrected chi connectivity index (χ4v) is 1.49. The van der Waals surface area contributed by atoms with E-state index in [1.807, 2.05) is 18.2 Å². The molecule has 0 aliphatic rings. The lowest BCUT2D eigenvalue weighted by molar-refractivity contribution is 0.410. The number of rotatable bonds is 5. The van der Waals surface area contributed by atoms with Gasteiger partial charge >= 0.3 is 0 Å². The molecule has 17 heavy (non-hydrogen) atoms. The number of ether oxygens (including phenoxy) is 1. The molecule has 0 saturated heterocycles. The van der Waals surface area contributed by atoms with E-state index in [4.69, 9.17) is 10.5 Å². The van der Waals surface area contributed by atoms with Crippen LogP contribution in [0, 0.1) is 0 Å². The van der Waals surface area contributed by atoms with Crippen molar-refractivity contribution < 1.29 is 9.26 Å². The van der Waals surface area contributed by atoms with Gasteiger partial charge in [-0.3, -0.25) is 0 Å². The highest BCUT2D eigenvalue weighted by molar-refractivity contribution is 5.72. The molecule has 6 nitrogen and oxygen atoms in total. The number of nitrogens with two attached hydrogens (primary N) is 1. The number of methoxy groups -OCH3 is 1. The van der Waals surface area contributed by atoms with Gasteiger partial charge in [0.25, 0.3) is 0 Å². The number of benzene rings is 1. The molecule has 0 aliphatic heterocycles. The second kappa shape index (κ2) is 5.20. The van der Waals surface area contributed by atoms with Gasteiger partial charge < -0.3 is 20.3 Å². The summed E-state index contributed by atoms with van der Waals surface area (Å²) in [5.41, 5.74) is 7.36. The summed E-state index contributed by atoms with van der Waals surface area (Å²) in [5.74, 6) is 1.33. The predicted molar refractivity (Wildman–Crippen MR) is 63.9 cm³/mol. The van der Waals surface area contributed by atoms with Gasteiger partial charge in [0.1, 0.15) is 5.75 Å². The lowest BCUT2D eigenvalue weighted by atomic mass is 10.2. The Morgan fingerprint density at radius 3 is 3.06 bits per heavy atom. The van der Waals surface area contributed by atoms with Crippen molar-refractivity contribution in [1.29, 1.82) is 0 Å². The van der Waals surface area contributed by atoms with Crippen LogP contribution in [0.3, 0.4) is 0 Å². The minimum Gasteiger partial charge on any atom is -0.495 e. The highest BCUT2D eigenvalue weighted by Crippen LogP contribution is 2.28. The van der Waals surface area contributed by atoms with E-state index >= 15 is 0 Å². The largest absolute Gasteiger partial charge is 0.495 e. The van der Waals surface area contributed by atoms with Gasteiger partial charge in [-0.15, -0.1) is 0 Å². The average molecular weight is 234 g/mol. The van der Waals surface area contributed by atoms with Crippen molar-refractivity contribution in [3.05, 3.63) is 30.4 Å². The lowest BCUT2D eigenvalue weighted by Gasteiger charge is -2.11. The summed E-state index contributed by atoms with van der Waals surface area (Å²) in [5, 5.41) is 6.92. The molecule has 0 fully saturated rings. The van der Waals surface area contributed by atoms with Crippen molar-refractivity contribution in [2.45, 2.75) is 6.42 Å². The molecular weight excluding hydrogens is 220 g/mol. The molecule has 0 aliphatic carbocycles. The molecule has 3 N–H and O–H groups in total. The molecule has 0 spiro atoms. The standard InChI is InChI=1S/C11H14N4O2/c1-16-9-4-2-3-8(11(9)12)13-6-5-10-14-7-17-15-10/h2-4,7,13H,5-6,12H2,1H3. The molecule has 0 radical (unpaired) electrons. The minimum absolute atomic E-state index is 0.600. The summed E-state index contributed by atoms with van der Waals surface area (Å²) < 4.78 is 9.78. The second-order valence-electron chi connectivity index (χ2n) is 3.45. The van der Waals surface area contributed by atoms with Gasteiger partial charge in [-0.1, -0.05) is 11.2 Å². The van der Waals surface area contributed by atoms with E-state index in [2.05, 4.69) is 20.0 Å². The van der Waals surface area contributed by atoms with E-state index in [0.717, 1.165) is 5.69 Å². The smallest absolute Gasteiger partial charge is 0.213 e. The van der Waals surface area contributed by atoms with Crippen molar-refractivity contribution in [3.63, 3.8) is 0 Å². The molecule has 0 saturated carbocycles. The topological polar surface area (TPSA) is 86.2 Å². The van der Waals surface area contributed by atoms with Crippen LogP contribution in [0.25, 0.3) is 0 Å². The highest BCUT2D eigenvalue weighted by Gasteiger charge is 2.04. The van der Waals surface area contributed by atoms with Gasteiger partial charge in [-0.25, -0.2) is 0 Å². The Morgan fingerprint density at radius 1 is 1.47 bits per heavy atom. The van der Waals surface area contributed by atoms with Gasteiger partial charge in [-0.05, 0) is 12.1 Å². The van der Waals surface area contributed by atoms with Gasteiger partial charge in [-0.2, -0.15) is 4.98 Å². The van der Waals surface area contributed by atoms with Crippen LogP contribution in [0.1, 0.15) is 5.82 Å². The van der Waals surface area contributed by atoms with Crippen molar-refractivity contribution >= 4 is 11.4 Å². The van der Waals surface area contributed by atoms with Crippen molar-refractivity contribution in [3.8, 4) is 5.75 Å². The second-order valence-corrected chi connectivity index (χ2v) is 3.45. The van der Waals surface area contributed by atoms with E-state index in [1.54, 1.807) is 7.11 Å². The monoisotopic (exact) mass is 234 g/mol. The summed E-state index contributed by atoms with van der Waals surface area (Å²) in [4.78, 5) is 3.93. The zero-order chi connectivity index (χ0) is 12.1. The maximum absolute atomic E-state index is 5.92. The van der Waals surface area contributed by atoms with Crippen LogP contribution >= 0.6 is 0 Å². The first-order chi connectivity index (χ1) is 8.31. The Balaban J connectivity index is 1.95. The van der Waals surface area contributed by atoms with Crippen LogP contribution in [0.15, 0.2) is 29.1 Å². The van der Waals surface area contributed by atoms with Crippen LogP contribution in [-0.2, 0) is 6.42 Å².